The minimum Gasteiger partial charge on any atom is -0.384 e. The highest BCUT2D eigenvalue weighted by Gasteiger charge is 2.07. The molecule has 4 nitrogen and oxygen atoms in total. The average Bonchev–Trinajstić information content (AvgIpc) is 2.53. The summed E-state index contributed by atoms with van der Waals surface area (Å²) in [6.45, 7) is 0. The van der Waals surface area contributed by atoms with Crippen LogP contribution in [0.4, 0.5) is 18.9 Å². The van der Waals surface area contributed by atoms with E-state index in [-0.39, 0.29) is 23.5 Å². The summed E-state index contributed by atoms with van der Waals surface area (Å²) in [4.78, 5) is 15.3. The van der Waals surface area contributed by atoms with Crippen molar-refractivity contribution in [2.75, 3.05) is 5.32 Å². The lowest BCUT2D eigenvalue weighted by molar-refractivity contribution is -0.117. The van der Waals surface area contributed by atoms with Gasteiger partial charge in [0.2, 0.25) is 0 Å². The molecule has 0 atom stereocenters. The van der Waals surface area contributed by atoms with Crippen LogP contribution in [0.15, 0.2) is 59.7 Å². The van der Waals surface area contributed by atoms with Crippen LogP contribution >= 0.6 is 0 Å². The molecule has 2 aromatic carbocycles. The third-order valence-electron chi connectivity index (χ3n) is 2.97. The molecule has 0 bridgehead atoms. The van der Waals surface area contributed by atoms with Crippen LogP contribution in [0, 0.1) is 17.5 Å². The van der Waals surface area contributed by atoms with E-state index in [1.54, 1.807) is 6.07 Å². The van der Waals surface area contributed by atoms with Crippen molar-refractivity contribution in [2.45, 2.75) is 6.42 Å². The lowest BCUT2D eigenvalue weighted by Crippen LogP contribution is -2.13. The topological polar surface area (TPSA) is 67.5 Å². The van der Waals surface area contributed by atoms with Gasteiger partial charge in [0.15, 0.2) is 0 Å². The molecule has 2 aromatic rings. The number of nitrogens with two attached hydrogens (primary N) is 1. The van der Waals surface area contributed by atoms with E-state index in [2.05, 4.69) is 10.3 Å². The van der Waals surface area contributed by atoms with Crippen molar-refractivity contribution in [2.24, 2.45) is 10.7 Å². The molecule has 124 valence electrons. The predicted molar refractivity (Wildman–Crippen MR) is 85.9 cm³/mol. The van der Waals surface area contributed by atoms with Crippen LogP contribution in [0.1, 0.15) is 5.56 Å². The van der Waals surface area contributed by atoms with Gasteiger partial charge in [0, 0.05) is 12.3 Å². The Kier molecular flexibility index (Phi) is 5.73. The second kappa shape index (κ2) is 7.96. The largest absolute Gasteiger partial charge is 0.384 e. The molecule has 7 heteroatoms. The highest BCUT2D eigenvalue weighted by atomic mass is 19.1. The van der Waals surface area contributed by atoms with Crippen molar-refractivity contribution >= 4 is 17.4 Å². The van der Waals surface area contributed by atoms with Gasteiger partial charge >= 0.3 is 0 Å². The number of amidine groups is 1. The Hall–Kier alpha value is -3.09. The molecule has 0 aliphatic carbocycles. The first kappa shape index (κ1) is 17.3. The molecule has 1 amide bonds. The summed E-state index contributed by atoms with van der Waals surface area (Å²) < 4.78 is 39.8. The van der Waals surface area contributed by atoms with Crippen LogP contribution < -0.4 is 11.1 Å². The molecule has 0 heterocycles. The molecule has 0 saturated heterocycles. The molecule has 0 saturated carbocycles. The number of anilines is 1. The first-order valence-corrected chi connectivity index (χ1v) is 6.94. The fourth-order valence-electron chi connectivity index (χ4n) is 1.85. The number of halogens is 3. The summed E-state index contributed by atoms with van der Waals surface area (Å²) in [7, 11) is 0. The van der Waals surface area contributed by atoms with Crippen molar-refractivity contribution in [3.8, 4) is 0 Å². The molecule has 3 N–H and O–H groups in total. The lowest BCUT2D eigenvalue weighted by Gasteiger charge is -2.02. The number of carbonyl (C=O) groups is 1. The first-order chi connectivity index (χ1) is 11.5. The fourth-order valence-corrected chi connectivity index (χ4v) is 1.85. The molecule has 0 spiro atoms. The van der Waals surface area contributed by atoms with Crippen molar-refractivity contribution in [3.05, 3.63) is 77.8 Å². The third-order valence-corrected chi connectivity index (χ3v) is 2.97. The van der Waals surface area contributed by atoms with Gasteiger partial charge in [0.25, 0.3) is 5.91 Å². The molecule has 0 unspecified atom stereocenters. The monoisotopic (exact) mass is 333 g/mol. The van der Waals surface area contributed by atoms with E-state index in [0.29, 0.717) is 0 Å². The maximum Gasteiger partial charge on any atom is 0.252 e. The Morgan fingerprint density at radius 3 is 2.62 bits per heavy atom. The number of hydrogen-bond donors (Lipinski definition) is 2. The van der Waals surface area contributed by atoms with E-state index in [0.717, 1.165) is 18.2 Å². The van der Waals surface area contributed by atoms with E-state index in [9.17, 15) is 18.0 Å². The number of hydrogen-bond acceptors (Lipinski definition) is 2. The van der Waals surface area contributed by atoms with E-state index in [1.165, 1.54) is 30.5 Å². The molecule has 0 radical (unpaired) electrons. The average molecular weight is 333 g/mol. The van der Waals surface area contributed by atoms with Gasteiger partial charge in [-0.1, -0.05) is 18.2 Å². The van der Waals surface area contributed by atoms with Crippen molar-refractivity contribution < 1.29 is 18.0 Å². The second-order valence-electron chi connectivity index (χ2n) is 4.80. The number of nitrogens with zero attached hydrogens (tertiary/aromatic N) is 1. The second-order valence-corrected chi connectivity index (χ2v) is 4.80. The lowest BCUT2D eigenvalue weighted by atomic mass is 10.1. The summed E-state index contributed by atoms with van der Waals surface area (Å²) in [5, 5.41) is 2.49. The van der Waals surface area contributed by atoms with E-state index in [4.69, 9.17) is 5.73 Å². The zero-order valence-electron chi connectivity index (χ0n) is 12.5. The molecule has 24 heavy (non-hydrogen) atoms. The van der Waals surface area contributed by atoms with Gasteiger partial charge in [-0.15, -0.1) is 0 Å². The van der Waals surface area contributed by atoms with Crippen LogP contribution in [0.5, 0.6) is 0 Å². The quantitative estimate of drug-likeness (QED) is 0.652. The summed E-state index contributed by atoms with van der Waals surface area (Å²) >= 11 is 0. The van der Waals surface area contributed by atoms with E-state index in [1.807, 2.05) is 0 Å². The predicted octanol–water partition coefficient (Wildman–Crippen LogP) is 3.16. The zero-order chi connectivity index (χ0) is 17.5. The van der Waals surface area contributed by atoms with Gasteiger partial charge in [-0.3, -0.25) is 4.79 Å². The summed E-state index contributed by atoms with van der Waals surface area (Å²) in [6.07, 6.45) is 2.20. The van der Waals surface area contributed by atoms with Gasteiger partial charge < -0.3 is 11.1 Å². The highest BCUT2D eigenvalue weighted by Crippen LogP contribution is 2.14. The Bertz CT molecular complexity index is 803. The molecule has 0 aromatic heterocycles. The summed E-state index contributed by atoms with van der Waals surface area (Å²) in [6, 6.07) is 8.77. The number of amides is 1. The van der Waals surface area contributed by atoms with Crippen molar-refractivity contribution in [3.63, 3.8) is 0 Å². The van der Waals surface area contributed by atoms with Gasteiger partial charge in [-0.25, -0.2) is 13.2 Å². The molecule has 0 aliphatic heterocycles. The van der Waals surface area contributed by atoms with Gasteiger partial charge in [0.1, 0.15) is 23.3 Å². The minimum atomic E-state index is -0.646. The van der Waals surface area contributed by atoms with Crippen LogP contribution in [-0.2, 0) is 11.2 Å². The van der Waals surface area contributed by atoms with E-state index < -0.39 is 23.4 Å². The molecular weight excluding hydrogens is 319 g/mol. The van der Waals surface area contributed by atoms with Gasteiger partial charge in [0.05, 0.1) is 12.1 Å². The molecular formula is C17H14F3N3O. The Morgan fingerprint density at radius 1 is 1.12 bits per heavy atom. The maximum absolute atomic E-state index is 13.4. The Labute approximate surface area is 136 Å². The van der Waals surface area contributed by atoms with Crippen LogP contribution in [0.3, 0.4) is 0 Å². The van der Waals surface area contributed by atoms with Crippen LogP contribution in [0.25, 0.3) is 0 Å². The van der Waals surface area contributed by atoms with Crippen LogP contribution in [0.2, 0.25) is 0 Å². The smallest absolute Gasteiger partial charge is 0.252 e. The summed E-state index contributed by atoms with van der Waals surface area (Å²) in [5.41, 5.74) is 5.66. The van der Waals surface area contributed by atoms with Crippen LogP contribution in [-0.4, -0.2) is 11.7 Å². The number of rotatable bonds is 5. The normalized spacial score (nSPS) is 11.7. The highest BCUT2D eigenvalue weighted by molar-refractivity contribution is 6.00. The van der Waals surface area contributed by atoms with Gasteiger partial charge in [-0.05, 0) is 29.8 Å². The Balaban J connectivity index is 1.96. The third kappa shape index (κ3) is 4.98. The van der Waals surface area contributed by atoms with Crippen molar-refractivity contribution in [1.82, 2.24) is 0 Å². The van der Waals surface area contributed by atoms with Gasteiger partial charge in [-0.2, -0.15) is 4.99 Å². The summed E-state index contributed by atoms with van der Waals surface area (Å²) in [5.74, 6) is -2.53. The SMILES string of the molecule is NC(/C=C\Nc1cc(F)ccc1F)=NC(=O)Cc1ccccc1F. The molecule has 2 rings (SSSR count). The fraction of sp³-hybridized carbons (Fsp3) is 0.0588. The molecule has 0 fully saturated rings. The first-order valence-electron chi connectivity index (χ1n) is 6.94. The number of benzene rings is 2. The number of aliphatic imine (C=N–C) groups is 1. The van der Waals surface area contributed by atoms with Crippen molar-refractivity contribution in [1.29, 1.82) is 0 Å². The maximum atomic E-state index is 13.4. The number of nitrogens with one attached hydrogen (secondary N) is 1. The molecule has 0 aliphatic rings. The van der Waals surface area contributed by atoms with E-state index >= 15 is 0 Å². The Morgan fingerprint density at radius 2 is 1.88 bits per heavy atom. The standard InChI is InChI=1S/C17H14F3N3O/c18-12-5-6-14(20)15(10-12)22-8-7-16(21)23-17(24)9-11-3-1-2-4-13(11)19/h1-8,10,22H,9H2,(H2,21,23,24)/b8-7-. The zero-order valence-corrected chi connectivity index (χ0v) is 12.5. The minimum absolute atomic E-state index is 0.0864. The number of carbonyl (C=O) groups excluding carboxylic acids is 1.